The van der Waals surface area contributed by atoms with E-state index in [4.69, 9.17) is 0 Å². The molecule has 0 saturated heterocycles. The molecule has 0 radical (unpaired) electrons. The molecule has 0 aromatic heterocycles. The van der Waals surface area contributed by atoms with Crippen LogP contribution in [0.2, 0.25) is 0 Å². The molecule has 1 nitrogen and oxygen atoms in total. The van der Waals surface area contributed by atoms with Crippen molar-refractivity contribution in [2.75, 3.05) is 4.90 Å². The first kappa shape index (κ1) is 24.1. The lowest BCUT2D eigenvalue weighted by molar-refractivity contribution is 0.506. The van der Waals surface area contributed by atoms with E-state index in [1.54, 1.807) is 0 Å². The molecule has 0 aliphatic carbocycles. The molecular weight excluding hydrogens is 386 g/mol. The monoisotopic (exact) mass is 427 g/mol. The molecular formula is C31H41N. The molecule has 0 heterocycles. The molecule has 1 heteroatoms. The van der Waals surface area contributed by atoms with E-state index in [-0.39, 0.29) is 10.8 Å². The molecule has 0 amide bonds. The predicted octanol–water partition coefficient (Wildman–Crippen LogP) is 9.48. The Hall–Kier alpha value is -2.54. The Morgan fingerprint density at radius 3 is 1.44 bits per heavy atom. The van der Waals surface area contributed by atoms with Gasteiger partial charge >= 0.3 is 0 Å². The fraction of sp³-hybridized carbons (Fsp3) is 0.419. The molecule has 0 atom stereocenters. The van der Waals surface area contributed by atoms with Crippen LogP contribution in [0.15, 0.2) is 72.8 Å². The summed E-state index contributed by atoms with van der Waals surface area (Å²) in [7, 11) is 0. The van der Waals surface area contributed by atoms with Crippen molar-refractivity contribution in [3.63, 3.8) is 0 Å². The highest BCUT2D eigenvalue weighted by atomic mass is 15.1. The summed E-state index contributed by atoms with van der Waals surface area (Å²) in [4.78, 5) is 2.37. The zero-order valence-corrected chi connectivity index (χ0v) is 21.2. The molecule has 170 valence electrons. The van der Waals surface area contributed by atoms with Crippen LogP contribution in [-0.2, 0) is 17.3 Å². The van der Waals surface area contributed by atoms with Crippen molar-refractivity contribution in [1.29, 1.82) is 0 Å². The average Bonchev–Trinajstić information content (AvgIpc) is 2.79. The van der Waals surface area contributed by atoms with Gasteiger partial charge in [0.15, 0.2) is 0 Å². The van der Waals surface area contributed by atoms with Crippen LogP contribution in [0.4, 0.5) is 17.1 Å². The molecule has 0 spiro atoms. The number of hydrogen-bond acceptors (Lipinski definition) is 1. The van der Waals surface area contributed by atoms with Crippen LogP contribution in [0, 0.1) is 0 Å². The van der Waals surface area contributed by atoms with E-state index in [0.29, 0.717) is 0 Å². The van der Waals surface area contributed by atoms with Crippen molar-refractivity contribution in [1.82, 2.24) is 0 Å². The van der Waals surface area contributed by atoms with Crippen molar-refractivity contribution in [3.05, 3.63) is 89.5 Å². The summed E-state index contributed by atoms with van der Waals surface area (Å²) < 4.78 is 0. The first-order chi connectivity index (χ1) is 15.2. The zero-order valence-electron chi connectivity index (χ0n) is 21.2. The first-order valence-corrected chi connectivity index (χ1v) is 12.3. The Balaban J connectivity index is 2.01. The molecule has 3 rings (SSSR count). The lowest BCUT2D eigenvalue weighted by Gasteiger charge is -2.28. The Morgan fingerprint density at radius 1 is 0.594 bits per heavy atom. The van der Waals surface area contributed by atoms with Crippen molar-refractivity contribution in [2.45, 2.75) is 85.0 Å². The van der Waals surface area contributed by atoms with E-state index in [1.807, 2.05) is 0 Å². The molecule has 0 aliphatic heterocycles. The standard InChI is InChI=1S/C31H41N/c1-8-10-11-24-12-18-27(19-13-24)32(28-20-14-25(15-21-28)30(3,4)5)29-22-16-26(17-23-29)31(6,7)9-2/h12-23H,8-11H2,1-7H3. The maximum absolute atomic E-state index is 2.37. The Morgan fingerprint density at radius 2 is 1.03 bits per heavy atom. The van der Waals surface area contributed by atoms with Gasteiger partial charge in [-0.15, -0.1) is 0 Å². The quantitative estimate of drug-likeness (QED) is 0.346. The maximum Gasteiger partial charge on any atom is 0.0461 e. The molecule has 3 aromatic carbocycles. The van der Waals surface area contributed by atoms with Crippen LogP contribution in [0.25, 0.3) is 0 Å². The fourth-order valence-corrected chi connectivity index (χ4v) is 4.02. The van der Waals surface area contributed by atoms with Gasteiger partial charge in [0.2, 0.25) is 0 Å². The first-order valence-electron chi connectivity index (χ1n) is 12.3. The number of benzene rings is 3. The smallest absolute Gasteiger partial charge is 0.0461 e. The van der Waals surface area contributed by atoms with Gasteiger partial charge in [-0.1, -0.05) is 91.3 Å². The number of hydrogen-bond donors (Lipinski definition) is 0. The normalized spacial score (nSPS) is 12.1. The lowest BCUT2D eigenvalue weighted by Crippen LogP contribution is -2.16. The summed E-state index contributed by atoms with van der Waals surface area (Å²) in [6.45, 7) is 16.0. The van der Waals surface area contributed by atoms with Gasteiger partial charge in [0.25, 0.3) is 0 Å². The van der Waals surface area contributed by atoms with E-state index < -0.39 is 0 Å². The van der Waals surface area contributed by atoms with Gasteiger partial charge in [-0.2, -0.15) is 0 Å². The second kappa shape index (κ2) is 9.94. The van der Waals surface area contributed by atoms with Crippen LogP contribution < -0.4 is 4.90 Å². The van der Waals surface area contributed by atoms with Gasteiger partial charge in [-0.05, 0) is 83.2 Å². The Bertz CT molecular complexity index is 971. The highest BCUT2D eigenvalue weighted by molar-refractivity contribution is 5.76. The number of rotatable bonds is 8. The molecule has 0 aliphatic rings. The zero-order chi connectivity index (χ0) is 23.4. The van der Waals surface area contributed by atoms with E-state index in [9.17, 15) is 0 Å². The third-order valence-corrected chi connectivity index (χ3v) is 6.80. The van der Waals surface area contributed by atoms with Crippen LogP contribution in [0.1, 0.15) is 84.4 Å². The van der Waals surface area contributed by atoms with Gasteiger partial charge in [-0.25, -0.2) is 0 Å². The highest BCUT2D eigenvalue weighted by Gasteiger charge is 2.20. The molecule has 0 bridgehead atoms. The molecule has 0 saturated carbocycles. The van der Waals surface area contributed by atoms with Crippen molar-refractivity contribution < 1.29 is 0 Å². The summed E-state index contributed by atoms with van der Waals surface area (Å²) >= 11 is 0. The third kappa shape index (κ3) is 5.63. The number of nitrogens with zero attached hydrogens (tertiary/aromatic N) is 1. The van der Waals surface area contributed by atoms with Gasteiger partial charge in [0.05, 0.1) is 0 Å². The van der Waals surface area contributed by atoms with E-state index in [1.165, 1.54) is 46.6 Å². The molecule has 0 N–H and O–H groups in total. The van der Waals surface area contributed by atoms with Gasteiger partial charge in [0.1, 0.15) is 0 Å². The van der Waals surface area contributed by atoms with Gasteiger partial charge in [-0.3, -0.25) is 0 Å². The molecule has 0 fully saturated rings. The van der Waals surface area contributed by atoms with E-state index in [2.05, 4.69) is 126 Å². The van der Waals surface area contributed by atoms with Crippen molar-refractivity contribution in [2.24, 2.45) is 0 Å². The largest absolute Gasteiger partial charge is 0.311 e. The summed E-state index contributed by atoms with van der Waals surface area (Å²) in [5, 5.41) is 0. The topological polar surface area (TPSA) is 3.24 Å². The number of aryl methyl sites for hydroxylation is 1. The third-order valence-electron chi connectivity index (χ3n) is 6.80. The minimum absolute atomic E-state index is 0.150. The van der Waals surface area contributed by atoms with Gasteiger partial charge in [0, 0.05) is 17.1 Å². The number of anilines is 3. The Kier molecular flexibility index (Phi) is 7.49. The van der Waals surface area contributed by atoms with Crippen LogP contribution >= 0.6 is 0 Å². The minimum atomic E-state index is 0.150. The van der Waals surface area contributed by atoms with Crippen molar-refractivity contribution in [3.8, 4) is 0 Å². The molecule has 32 heavy (non-hydrogen) atoms. The van der Waals surface area contributed by atoms with Gasteiger partial charge < -0.3 is 4.90 Å². The van der Waals surface area contributed by atoms with Crippen LogP contribution in [0.3, 0.4) is 0 Å². The van der Waals surface area contributed by atoms with Crippen LogP contribution in [0.5, 0.6) is 0 Å². The second-order valence-corrected chi connectivity index (χ2v) is 10.7. The average molecular weight is 428 g/mol. The SMILES string of the molecule is CCCCc1ccc(N(c2ccc(C(C)(C)C)cc2)c2ccc(C(C)(C)CC)cc2)cc1. The number of unbranched alkanes of at least 4 members (excludes halogenated alkanes) is 1. The second-order valence-electron chi connectivity index (χ2n) is 10.7. The Labute approximate surface area is 196 Å². The van der Waals surface area contributed by atoms with Crippen molar-refractivity contribution >= 4 is 17.1 Å². The summed E-state index contributed by atoms with van der Waals surface area (Å²) in [5.41, 5.74) is 8.11. The fourth-order valence-electron chi connectivity index (χ4n) is 4.02. The molecule has 0 unspecified atom stereocenters. The summed E-state index contributed by atoms with van der Waals surface area (Å²) in [6.07, 6.45) is 4.75. The lowest BCUT2D eigenvalue weighted by atomic mass is 9.82. The minimum Gasteiger partial charge on any atom is -0.311 e. The maximum atomic E-state index is 2.37. The van der Waals surface area contributed by atoms with E-state index >= 15 is 0 Å². The summed E-state index contributed by atoms with van der Waals surface area (Å²) in [5.74, 6) is 0. The van der Waals surface area contributed by atoms with Crippen LogP contribution in [-0.4, -0.2) is 0 Å². The molecule has 3 aromatic rings. The van der Waals surface area contributed by atoms with E-state index in [0.717, 1.165) is 12.8 Å². The predicted molar refractivity (Wildman–Crippen MR) is 142 cm³/mol. The summed E-state index contributed by atoms with van der Waals surface area (Å²) in [6, 6.07) is 27.3. The highest BCUT2D eigenvalue weighted by Crippen LogP contribution is 2.37.